The second kappa shape index (κ2) is 4.16. The molecule has 0 spiro atoms. The van der Waals surface area contributed by atoms with E-state index in [1.807, 2.05) is 0 Å². The first kappa shape index (κ1) is 10.4. The molecule has 1 aromatic heterocycles. The fourth-order valence-electron chi connectivity index (χ4n) is 1.52. The SMILES string of the molecule is CN1CCN(c2ncc(C(N)=O)s2)CC1. The monoisotopic (exact) mass is 226 g/mol. The molecule has 1 saturated heterocycles. The van der Waals surface area contributed by atoms with E-state index in [1.54, 1.807) is 6.20 Å². The van der Waals surface area contributed by atoms with Crippen molar-refractivity contribution in [3.05, 3.63) is 11.1 Å². The molecule has 5 nitrogen and oxygen atoms in total. The van der Waals surface area contributed by atoms with Crippen molar-refractivity contribution >= 4 is 22.4 Å². The van der Waals surface area contributed by atoms with Gasteiger partial charge in [-0.25, -0.2) is 4.98 Å². The van der Waals surface area contributed by atoms with Crippen LogP contribution < -0.4 is 10.6 Å². The van der Waals surface area contributed by atoms with Crippen molar-refractivity contribution in [2.45, 2.75) is 0 Å². The van der Waals surface area contributed by atoms with Gasteiger partial charge in [0.1, 0.15) is 4.88 Å². The standard InChI is InChI=1S/C9H14N4OS/c1-12-2-4-13(5-3-12)9-11-6-7(15-9)8(10)14/h6H,2-5H2,1H3,(H2,10,14). The second-order valence-electron chi connectivity index (χ2n) is 3.66. The van der Waals surface area contributed by atoms with E-state index in [2.05, 4.69) is 21.8 Å². The minimum atomic E-state index is -0.395. The van der Waals surface area contributed by atoms with E-state index >= 15 is 0 Å². The number of thiazole rings is 1. The molecule has 1 amide bonds. The zero-order chi connectivity index (χ0) is 10.8. The van der Waals surface area contributed by atoms with Gasteiger partial charge in [-0.05, 0) is 7.05 Å². The van der Waals surface area contributed by atoms with Crippen molar-refractivity contribution in [1.29, 1.82) is 0 Å². The van der Waals surface area contributed by atoms with E-state index in [9.17, 15) is 4.79 Å². The molecule has 0 atom stereocenters. The average Bonchev–Trinajstić information content (AvgIpc) is 2.68. The van der Waals surface area contributed by atoms with Crippen molar-refractivity contribution in [3.8, 4) is 0 Å². The summed E-state index contributed by atoms with van der Waals surface area (Å²) in [7, 11) is 2.11. The number of hydrogen-bond donors (Lipinski definition) is 1. The molecule has 6 heteroatoms. The molecule has 2 rings (SSSR count). The smallest absolute Gasteiger partial charge is 0.260 e. The van der Waals surface area contributed by atoms with Gasteiger partial charge in [0.15, 0.2) is 5.13 Å². The van der Waals surface area contributed by atoms with Crippen LogP contribution in [0.4, 0.5) is 5.13 Å². The van der Waals surface area contributed by atoms with Crippen LogP contribution in [0, 0.1) is 0 Å². The molecule has 2 heterocycles. The van der Waals surface area contributed by atoms with Crippen molar-refractivity contribution in [3.63, 3.8) is 0 Å². The molecular formula is C9H14N4OS. The summed E-state index contributed by atoms with van der Waals surface area (Å²) < 4.78 is 0. The van der Waals surface area contributed by atoms with Gasteiger partial charge in [-0.15, -0.1) is 0 Å². The van der Waals surface area contributed by atoms with Gasteiger partial charge in [0, 0.05) is 26.2 Å². The number of carbonyl (C=O) groups excluding carboxylic acids is 1. The molecule has 0 aromatic carbocycles. The summed E-state index contributed by atoms with van der Waals surface area (Å²) in [5.41, 5.74) is 5.18. The zero-order valence-corrected chi connectivity index (χ0v) is 9.46. The quantitative estimate of drug-likeness (QED) is 0.770. The number of nitrogens with zero attached hydrogens (tertiary/aromatic N) is 3. The van der Waals surface area contributed by atoms with Gasteiger partial charge in [-0.2, -0.15) is 0 Å². The molecule has 2 N–H and O–H groups in total. The molecule has 0 aliphatic carbocycles. The van der Waals surface area contributed by atoms with Gasteiger partial charge >= 0.3 is 0 Å². The van der Waals surface area contributed by atoms with Gasteiger partial charge in [0.2, 0.25) is 0 Å². The minimum Gasteiger partial charge on any atom is -0.365 e. The lowest BCUT2D eigenvalue weighted by molar-refractivity contribution is 0.100. The molecule has 1 fully saturated rings. The van der Waals surface area contributed by atoms with Crippen molar-refractivity contribution in [2.24, 2.45) is 5.73 Å². The first-order chi connectivity index (χ1) is 7.16. The number of primary amides is 1. The molecule has 82 valence electrons. The third-order valence-corrected chi connectivity index (χ3v) is 3.58. The Kier molecular flexibility index (Phi) is 2.88. The molecule has 1 aliphatic rings. The van der Waals surface area contributed by atoms with Crippen LogP contribution in [0.25, 0.3) is 0 Å². The summed E-state index contributed by atoms with van der Waals surface area (Å²) in [6.07, 6.45) is 1.56. The van der Waals surface area contributed by atoms with E-state index in [0.29, 0.717) is 4.88 Å². The van der Waals surface area contributed by atoms with E-state index in [1.165, 1.54) is 11.3 Å². The summed E-state index contributed by atoms with van der Waals surface area (Å²) in [5, 5.41) is 0.900. The normalized spacial score (nSPS) is 18.1. The lowest BCUT2D eigenvalue weighted by Crippen LogP contribution is -2.44. The predicted molar refractivity (Wildman–Crippen MR) is 60.3 cm³/mol. The second-order valence-corrected chi connectivity index (χ2v) is 4.67. The highest BCUT2D eigenvalue weighted by Gasteiger charge is 2.17. The van der Waals surface area contributed by atoms with Crippen LogP contribution in [0.15, 0.2) is 6.20 Å². The van der Waals surface area contributed by atoms with Crippen LogP contribution >= 0.6 is 11.3 Å². The van der Waals surface area contributed by atoms with E-state index in [4.69, 9.17) is 5.73 Å². The number of rotatable bonds is 2. The van der Waals surface area contributed by atoms with E-state index in [-0.39, 0.29) is 0 Å². The number of amides is 1. The van der Waals surface area contributed by atoms with Crippen LogP contribution in [0.5, 0.6) is 0 Å². The van der Waals surface area contributed by atoms with Crippen LogP contribution in [0.3, 0.4) is 0 Å². The maximum atomic E-state index is 10.9. The van der Waals surface area contributed by atoms with Crippen molar-refractivity contribution in [1.82, 2.24) is 9.88 Å². The number of nitrogens with two attached hydrogens (primary N) is 1. The van der Waals surface area contributed by atoms with Crippen LogP contribution in [-0.4, -0.2) is 49.0 Å². The molecule has 0 unspecified atom stereocenters. The van der Waals surface area contributed by atoms with Gasteiger partial charge in [0.05, 0.1) is 6.20 Å². The highest BCUT2D eigenvalue weighted by Crippen LogP contribution is 2.22. The Labute approximate surface area is 92.5 Å². The topological polar surface area (TPSA) is 62.5 Å². The van der Waals surface area contributed by atoms with Gasteiger partial charge in [0.25, 0.3) is 5.91 Å². The number of likely N-dealkylation sites (N-methyl/N-ethyl adjacent to an activating group) is 1. The number of aromatic nitrogens is 1. The van der Waals surface area contributed by atoms with Gasteiger partial charge < -0.3 is 15.5 Å². The van der Waals surface area contributed by atoms with Crippen molar-refractivity contribution in [2.75, 3.05) is 38.1 Å². The van der Waals surface area contributed by atoms with Crippen LogP contribution in [0.1, 0.15) is 9.67 Å². The Morgan fingerprint density at radius 1 is 1.47 bits per heavy atom. The van der Waals surface area contributed by atoms with Crippen molar-refractivity contribution < 1.29 is 4.79 Å². The minimum absolute atomic E-state index is 0.395. The average molecular weight is 226 g/mol. The molecule has 1 aliphatic heterocycles. The molecule has 0 bridgehead atoms. The lowest BCUT2D eigenvalue weighted by atomic mass is 10.3. The summed E-state index contributed by atoms with van der Waals surface area (Å²) in [6, 6.07) is 0. The third-order valence-electron chi connectivity index (χ3n) is 2.51. The first-order valence-corrected chi connectivity index (χ1v) is 5.67. The summed E-state index contributed by atoms with van der Waals surface area (Å²) in [6.45, 7) is 3.99. The Hall–Kier alpha value is -1.14. The van der Waals surface area contributed by atoms with Gasteiger partial charge in [-0.3, -0.25) is 4.79 Å². The highest BCUT2D eigenvalue weighted by atomic mass is 32.1. The summed E-state index contributed by atoms with van der Waals surface area (Å²) in [4.78, 5) is 20.1. The predicted octanol–water partition coefficient (Wildman–Crippen LogP) is -0.00620. The first-order valence-electron chi connectivity index (χ1n) is 4.86. The largest absolute Gasteiger partial charge is 0.365 e. The molecule has 1 aromatic rings. The number of piperazine rings is 1. The van der Waals surface area contributed by atoms with E-state index < -0.39 is 5.91 Å². The number of carbonyl (C=O) groups is 1. The summed E-state index contributed by atoms with van der Waals surface area (Å²) in [5.74, 6) is -0.395. The van der Waals surface area contributed by atoms with Crippen LogP contribution in [-0.2, 0) is 0 Å². The fraction of sp³-hybridized carbons (Fsp3) is 0.556. The third kappa shape index (κ3) is 2.27. The highest BCUT2D eigenvalue weighted by molar-refractivity contribution is 7.17. The molecular weight excluding hydrogens is 212 g/mol. The summed E-state index contributed by atoms with van der Waals surface area (Å²) >= 11 is 1.37. The van der Waals surface area contributed by atoms with E-state index in [0.717, 1.165) is 31.3 Å². The number of anilines is 1. The molecule has 15 heavy (non-hydrogen) atoms. The Morgan fingerprint density at radius 3 is 2.67 bits per heavy atom. The Morgan fingerprint density at radius 2 is 2.13 bits per heavy atom. The molecule has 0 radical (unpaired) electrons. The lowest BCUT2D eigenvalue weighted by Gasteiger charge is -2.31. The number of hydrogen-bond acceptors (Lipinski definition) is 5. The van der Waals surface area contributed by atoms with Gasteiger partial charge in [-0.1, -0.05) is 11.3 Å². The fourth-order valence-corrected chi connectivity index (χ4v) is 2.34. The maximum Gasteiger partial charge on any atom is 0.260 e. The van der Waals surface area contributed by atoms with Crippen LogP contribution in [0.2, 0.25) is 0 Å². The maximum absolute atomic E-state index is 10.9. The Balaban J connectivity index is 2.06. The Bertz CT molecular complexity index is 357. The molecule has 0 saturated carbocycles. The zero-order valence-electron chi connectivity index (χ0n) is 8.64.